The maximum atomic E-state index is 12.2. The van der Waals surface area contributed by atoms with Gasteiger partial charge in [0, 0.05) is 38.8 Å². The molecule has 2 aliphatic rings. The smallest absolute Gasteiger partial charge is 0.410 e. The zero-order chi connectivity index (χ0) is 21.6. The predicted octanol–water partition coefficient (Wildman–Crippen LogP) is 4.65. The number of likely N-dealkylation sites (tertiary alicyclic amines) is 1. The SMILES string of the molecule is CC(C)(C)OC(=O)N1CCN(c2ccc(OCCCN3CCCCC3)cc2Cl)CC1. The van der Waals surface area contributed by atoms with Gasteiger partial charge in [-0.05, 0) is 65.3 Å². The molecule has 0 N–H and O–H groups in total. The Morgan fingerprint density at radius 1 is 1.03 bits per heavy atom. The lowest BCUT2D eigenvalue weighted by atomic mass is 10.1. The number of piperidine rings is 1. The van der Waals surface area contributed by atoms with E-state index in [2.05, 4.69) is 9.80 Å². The Kier molecular flexibility index (Phi) is 8.12. The van der Waals surface area contributed by atoms with E-state index < -0.39 is 5.60 Å². The lowest BCUT2D eigenvalue weighted by Crippen LogP contribution is -2.50. The standard InChI is InChI=1S/C23H36ClN3O3/c1-23(2,3)30-22(28)27-15-13-26(14-16-27)21-9-8-19(18-20(21)24)29-17-7-12-25-10-5-4-6-11-25/h8-9,18H,4-7,10-17H2,1-3H3. The van der Waals surface area contributed by atoms with Crippen LogP contribution in [0.4, 0.5) is 10.5 Å². The van der Waals surface area contributed by atoms with Crippen LogP contribution in [0.15, 0.2) is 18.2 Å². The average Bonchev–Trinajstić information content (AvgIpc) is 2.71. The molecule has 0 radical (unpaired) electrons. The molecule has 0 aliphatic carbocycles. The molecule has 0 aromatic heterocycles. The highest BCUT2D eigenvalue weighted by molar-refractivity contribution is 6.33. The zero-order valence-corrected chi connectivity index (χ0v) is 19.4. The molecular weight excluding hydrogens is 402 g/mol. The number of anilines is 1. The van der Waals surface area contributed by atoms with Gasteiger partial charge in [-0.1, -0.05) is 18.0 Å². The van der Waals surface area contributed by atoms with Gasteiger partial charge in [-0.25, -0.2) is 4.79 Å². The molecule has 168 valence electrons. The van der Waals surface area contributed by atoms with E-state index in [1.165, 1.54) is 32.4 Å². The molecule has 3 rings (SSSR count). The van der Waals surface area contributed by atoms with Crippen LogP contribution in [0.2, 0.25) is 5.02 Å². The molecule has 0 atom stereocenters. The number of hydrogen-bond acceptors (Lipinski definition) is 5. The number of carbonyl (C=O) groups is 1. The second-order valence-electron chi connectivity index (χ2n) is 9.17. The fraction of sp³-hybridized carbons (Fsp3) is 0.696. The third-order valence-corrected chi connectivity index (χ3v) is 5.83. The van der Waals surface area contributed by atoms with Crippen LogP contribution in [-0.2, 0) is 4.74 Å². The number of ether oxygens (including phenoxy) is 2. The molecule has 2 aliphatic heterocycles. The average molecular weight is 438 g/mol. The van der Waals surface area contributed by atoms with Crippen LogP contribution < -0.4 is 9.64 Å². The van der Waals surface area contributed by atoms with E-state index in [1.807, 2.05) is 39.0 Å². The molecule has 30 heavy (non-hydrogen) atoms. The molecule has 7 heteroatoms. The Bertz CT molecular complexity index is 693. The molecule has 2 heterocycles. The van der Waals surface area contributed by atoms with E-state index in [-0.39, 0.29) is 6.09 Å². The summed E-state index contributed by atoms with van der Waals surface area (Å²) >= 11 is 6.55. The van der Waals surface area contributed by atoms with Crippen LogP contribution in [0.3, 0.4) is 0 Å². The number of rotatable bonds is 6. The van der Waals surface area contributed by atoms with E-state index in [9.17, 15) is 4.79 Å². The minimum atomic E-state index is -0.471. The van der Waals surface area contributed by atoms with Gasteiger partial charge in [-0.3, -0.25) is 0 Å². The quantitative estimate of drug-likeness (QED) is 0.606. The third-order valence-electron chi connectivity index (χ3n) is 5.53. The maximum absolute atomic E-state index is 12.2. The normalized spacial score (nSPS) is 18.4. The van der Waals surface area contributed by atoms with E-state index in [0.29, 0.717) is 24.7 Å². The summed E-state index contributed by atoms with van der Waals surface area (Å²) in [5, 5.41) is 0.689. The third kappa shape index (κ3) is 6.95. The first-order valence-electron chi connectivity index (χ1n) is 11.2. The van der Waals surface area contributed by atoms with Gasteiger partial charge in [0.05, 0.1) is 17.3 Å². The van der Waals surface area contributed by atoms with Gasteiger partial charge >= 0.3 is 6.09 Å². The molecule has 2 fully saturated rings. The van der Waals surface area contributed by atoms with Crippen LogP contribution in [-0.4, -0.2) is 73.9 Å². The molecule has 1 aromatic rings. The zero-order valence-electron chi connectivity index (χ0n) is 18.7. The number of hydrogen-bond donors (Lipinski definition) is 0. The van der Waals surface area contributed by atoms with Crippen molar-refractivity contribution in [1.82, 2.24) is 9.80 Å². The van der Waals surface area contributed by atoms with Gasteiger partial charge in [0.15, 0.2) is 0 Å². The van der Waals surface area contributed by atoms with Crippen molar-refractivity contribution in [3.63, 3.8) is 0 Å². The van der Waals surface area contributed by atoms with Crippen molar-refractivity contribution in [1.29, 1.82) is 0 Å². The Balaban J connectivity index is 1.43. The molecular formula is C23H36ClN3O3. The van der Waals surface area contributed by atoms with E-state index >= 15 is 0 Å². The number of piperazine rings is 1. The van der Waals surface area contributed by atoms with E-state index in [4.69, 9.17) is 21.1 Å². The molecule has 1 amide bonds. The molecule has 0 saturated carbocycles. The summed E-state index contributed by atoms with van der Waals surface area (Å²) in [5.74, 6) is 0.815. The molecule has 0 unspecified atom stereocenters. The summed E-state index contributed by atoms with van der Waals surface area (Å²) in [7, 11) is 0. The summed E-state index contributed by atoms with van der Waals surface area (Å²) in [6.45, 7) is 12.6. The Morgan fingerprint density at radius 3 is 2.37 bits per heavy atom. The van der Waals surface area contributed by atoms with Crippen molar-refractivity contribution < 1.29 is 14.3 Å². The molecule has 6 nitrogen and oxygen atoms in total. The summed E-state index contributed by atoms with van der Waals surface area (Å²) in [6, 6.07) is 5.91. The van der Waals surface area contributed by atoms with Crippen LogP contribution >= 0.6 is 11.6 Å². The predicted molar refractivity (Wildman–Crippen MR) is 122 cm³/mol. The van der Waals surface area contributed by atoms with Crippen molar-refractivity contribution in [2.75, 3.05) is 57.3 Å². The Hall–Kier alpha value is -1.66. The Labute approximate surface area is 186 Å². The molecule has 2 saturated heterocycles. The fourth-order valence-corrected chi connectivity index (χ4v) is 4.24. The van der Waals surface area contributed by atoms with Crippen molar-refractivity contribution in [2.24, 2.45) is 0 Å². The number of carbonyl (C=O) groups excluding carboxylic acids is 1. The van der Waals surface area contributed by atoms with Crippen molar-refractivity contribution in [2.45, 2.75) is 52.1 Å². The lowest BCUT2D eigenvalue weighted by Gasteiger charge is -2.37. The highest BCUT2D eigenvalue weighted by atomic mass is 35.5. The van der Waals surface area contributed by atoms with Crippen molar-refractivity contribution in [3.05, 3.63) is 23.2 Å². The van der Waals surface area contributed by atoms with Crippen LogP contribution in [0, 0.1) is 0 Å². The Morgan fingerprint density at radius 2 is 1.73 bits per heavy atom. The fourth-order valence-electron chi connectivity index (χ4n) is 3.95. The highest BCUT2D eigenvalue weighted by Crippen LogP contribution is 2.31. The summed E-state index contributed by atoms with van der Waals surface area (Å²) in [5.41, 5.74) is 0.516. The van der Waals surface area contributed by atoms with Crippen LogP contribution in [0.25, 0.3) is 0 Å². The summed E-state index contributed by atoms with van der Waals surface area (Å²) in [4.78, 5) is 18.7. The monoisotopic (exact) mass is 437 g/mol. The van der Waals surface area contributed by atoms with Crippen molar-refractivity contribution in [3.8, 4) is 5.75 Å². The minimum Gasteiger partial charge on any atom is -0.493 e. The van der Waals surface area contributed by atoms with Gasteiger partial charge in [0.25, 0.3) is 0 Å². The van der Waals surface area contributed by atoms with Gasteiger partial charge in [-0.15, -0.1) is 0 Å². The first-order valence-corrected chi connectivity index (χ1v) is 11.6. The first kappa shape index (κ1) is 23.0. The first-order chi connectivity index (χ1) is 14.3. The summed E-state index contributed by atoms with van der Waals surface area (Å²) in [6.07, 6.45) is 4.80. The number of amides is 1. The highest BCUT2D eigenvalue weighted by Gasteiger charge is 2.26. The lowest BCUT2D eigenvalue weighted by molar-refractivity contribution is 0.0240. The van der Waals surface area contributed by atoms with Crippen LogP contribution in [0.1, 0.15) is 46.5 Å². The van der Waals surface area contributed by atoms with Gasteiger partial charge in [0.1, 0.15) is 11.4 Å². The molecule has 0 spiro atoms. The number of nitrogens with zero attached hydrogens (tertiary/aromatic N) is 3. The second kappa shape index (κ2) is 10.6. The molecule has 1 aromatic carbocycles. The maximum Gasteiger partial charge on any atom is 0.410 e. The van der Waals surface area contributed by atoms with Crippen LogP contribution in [0.5, 0.6) is 5.75 Å². The second-order valence-corrected chi connectivity index (χ2v) is 9.58. The minimum absolute atomic E-state index is 0.249. The molecule has 0 bridgehead atoms. The van der Waals surface area contributed by atoms with Crippen molar-refractivity contribution >= 4 is 23.4 Å². The topological polar surface area (TPSA) is 45.3 Å². The largest absolute Gasteiger partial charge is 0.493 e. The van der Waals surface area contributed by atoms with E-state index in [1.54, 1.807) is 4.90 Å². The van der Waals surface area contributed by atoms with E-state index in [0.717, 1.165) is 37.5 Å². The number of benzene rings is 1. The number of halogens is 1. The van der Waals surface area contributed by atoms with Gasteiger partial charge in [0.2, 0.25) is 0 Å². The van der Waals surface area contributed by atoms with Gasteiger partial charge in [-0.2, -0.15) is 0 Å². The summed E-state index contributed by atoms with van der Waals surface area (Å²) < 4.78 is 11.4. The van der Waals surface area contributed by atoms with Gasteiger partial charge < -0.3 is 24.2 Å².